The minimum Gasteiger partial charge on any atom is -0.353 e. The zero-order chi connectivity index (χ0) is 20.9. The highest BCUT2D eigenvalue weighted by atomic mass is 16.2. The van der Waals surface area contributed by atoms with Crippen LogP contribution in [0, 0.1) is 5.92 Å². The van der Waals surface area contributed by atoms with Gasteiger partial charge in [-0.2, -0.15) is 0 Å². The van der Waals surface area contributed by atoms with Crippen LogP contribution in [0.4, 0.5) is 5.82 Å². The topological polar surface area (TPSA) is 67.2 Å². The number of nitrogens with zero attached hydrogens (tertiary/aromatic N) is 3. The van der Waals surface area contributed by atoms with E-state index in [9.17, 15) is 9.59 Å². The Hall–Kier alpha value is -2.37. The predicted molar refractivity (Wildman–Crippen MR) is 121 cm³/mol. The molecule has 1 N–H and O–H groups in total. The first-order valence-electron chi connectivity index (χ1n) is 11.7. The molecule has 30 heavy (non-hydrogen) atoms. The van der Waals surface area contributed by atoms with Crippen molar-refractivity contribution >= 4 is 22.8 Å². The van der Waals surface area contributed by atoms with Crippen LogP contribution in [0.3, 0.4) is 0 Å². The van der Waals surface area contributed by atoms with Gasteiger partial charge in [-0.1, -0.05) is 44.2 Å². The number of aromatic nitrogens is 2. The highest BCUT2D eigenvalue weighted by molar-refractivity contribution is 5.80. The normalized spacial score (nSPS) is 21.2. The number of hydrogen-bond donors (Lipinski definition) is 1. The molecule has 2 aromatic rings. The molecule has 6 nitrogen and oxygen atoms in total. The Morgan fingerprint density at radius 3 is 2.57 bits per heavy atom. The zero-order valence-electron chi connectivity index (χ0n) is 18.1. The molecule has 0 bridgehead atoms. The summed E-state index contributed by atoms with van der Waals surface area (Å²) in [6, 6.07) is 8.09. The highest BCUT2D eigenvalue weighted by Gasteiger charge is 2.29. The maximum atomic E-state index is 13.1. The monoisotopic (exact) mass is 410 g/mol. The number of piperidine rings is 1. The first kappa shape index (κ1) is 20.9. The van der Waals surface area contributed by atoms with Crippen LogP contribution in [0.15, 0.2) is 29.1 Å². The Bertz CT molecular complexity index is 930. The summed E-state index contributed by atoms with van der Waals surface area (Å²) in [4.78, 5) is 32.9. The molecule has 2 heterocycles. The number of carbonyl (C=O) groups excluding carboxylic acids is 1. The molecular formula is C24H34N4O2. The van der Waals surface area contributed by atoms with Crippen molar-refractivity contribution in [1.82, 2.24) is 14.9 Å². The van der Waals surface area contributed by atoms with Crippen molar-refractivity contribution in [3.8, 4) is 0 Å². The van der Waals surface area contributed by atoms with Crippen molar-refractivity contribution in [3.63, 3.8) is 0 Å². The number of benzene rings is 1. The van der Waals surface area contributed by atoms with Gasteiger partial charge in [0.05, 0.1) is 17.0 Å². The molecule has 0 radical (unpaired) electrons. The van der Waals surface area contributed by atoms with Crippen molar-refractivity contribution in [2.75, 3.05) is 18.0 Å². The summed E-state index contributed by atoms with van der Waals surface area (Å²) in [7, 11) is 0. The van der Waals surface area contributed by atoms with E-state index < -0.39 is 0 Å². The van der Waals surface area contributed by atoms with Gasteiger partial charge in [-0.15, -0.1) is 0 Å². The van der Waals surface area contributed by atoms with Crippen molar-refractivity contribution < 1.29 is 4.79 Å². The fourth-order valence-electron chi connectivity index (χ4n) is 5.00. The second-order valence-corrected chi connectivity index (χ2v) is 8.81. The maximum Gasteiger partial charge on any atom is 0.293 e. The van der Waals surface area contributed by atoms with Crippen LogP contribution in [-0.2, 0) is 11.3 Å². The average Bonchev–Trinajstić information content (AvgIpc) is 2.75. The number of carbonyl (C=O) groups is 1. The smallest absolute Gasteiger partial charge is 0.293 e. The Kier molecular flexibility index (Phi) is 6.70. The summed E-state index contributed by atoms with van der Waals surface area (Å²) in [5, 5.41) is 3.33. The minimum atomic E-state index is -0.0769. The van der Waals surface area contributed by atoms with E-state index >= 15 is 0 Å². The Morgan fingerprint density at radius 2 is 1.80 bits per heavy atom. The third-order valence-corrected chi connectivity index (χ3v) is 6.69. The van der Waals surface area contributed by atoms with Gasteiger partial charge in [0.15, 0.2) is 5.82 Å². The lowest BCUT2D eigenvalue weighted by Gasteiger charge is -2.33. The zero-order valence-corrected chi connectivity index (χ0v) is 18.1. The van der Waals surface area contributed by atoms with Crippen molar-refractivity contribution in [3.05, 3.63) is 34.6 Å². The van der Waals surface area contributed by atoms with Crippen LogP contribution in [-0.4, -0.2) is 34.6 Å². The summed E-state index contributed by atoms with van der Waals surface area (Å²) < 4.78 is 1.79. The van der Waals surface area contributed by atoms with E-state index in [1.165, 1.54) is 32.1 Å². The van der Waals surface area contributed by atoms with Crippen molar-refractivity contribution in [2.45, 2.75) is 77.3 Å². The first-order chi connectivity index (χ1) is 14.7. The standard InChI is InChI=1S/C24H34N4O2/c1-2-28-21-15-9-8-14-20(21)26-22(24(28)30)27-16-10-11-18(17-27)23(29)25-19-12-6-4-3-5-7-13-19/h8-9,14-15,18-19H,2-7,10-13,16-17H2,1H3,(H,25,29)/t18-/m1/s1. The number of fused-ring (bicyclic) bond motifs is 1. The molecule has 1 aromatic heterocycles. The number of nitrogens with one attached hydrogen (secondary N) is 1. The van der Waals surface area contributed by atoms with E-state index in [1.54, 1.807) is 4.57 Å². The summed E-state index contributed by atoms with van der Waals surface area (Å²) in [5.41, 5.74) is 1.64. The molecule has 1 aromatic carbocycles. The molecule has 0 unspecified atom stereocenters. The van der Waals surface area contributed by atoms with Crippen molar-refractivity contribution in [1.29, 1.82) is 0 Å². The third-order valence-electron chi connectivity index (χ3n) is 6.69. The second-order valence-electron chi connectivity index (χ2n) is 8.81. The molecule has 2 aliphatic rings. The quantitative estimate of drug-likeness (QED) is 0.831. The number of anilines is 1. The number of aryl methyl sites for hydroxylation is 1. The Morgan fingerprint density at radius 1 is 1.07 bits per heavy atom. The van der Waals surface area contributed by atoms with Crippen LogP contribution in [0.25, 0.3) is 11.0 Å². The number of amides is 1. The molecule has 1 aliphatic carbocycles. The van der Waals surface area contributed by atoms with E-state index in [0.29, 0.717) is 24.9 Å². The van der Waals surface area contributed by atoms with E-state index in [1.807, 2.05) is 36.1 Å². The molecule has 6 heteroatoms. The minimum absolute atomic E-state index is 0.0581. The van der Waals surface area contributed by atoms with E-state index in [4.69, 9.17) is 4.98 Å². The van der Waals surface area contributed by atoms with Crippen LogP contribution in [0.2, 0.25) is 0 Å². The van der Waals surface area contributed by atoms with Gasteiger partial charge in [0.1, 0.15) is 0 Å². The molecule has 2 fully saturated rings. The summed E-state index contributed by atoms with van der Waals surface area (Å²) in [6.45, 7) is 3.94. The molecule has 1 saturated carbocycles. The molecule has 0 spiro atoms. The predicted octanol–water partition coefficient (Wildman–Crippen LogP) is 3.86. The van der Waals surface area contributed by atoms with Gasteiger partial charge in [-0.3, -0.25) is 9.59 Å². The molecule has 4 rings (SSSR count). The van der Waals surface area contributed by atoms with Gasteiger partial charge < -0.3 is 14.8 Å². The van der Waals surface area contributed by atoms with Crippen molar-refractivity contribution in [2.24, 2.45) is 5.92 Å². The summed E-state index contributed by atoms with van der Waals surface area (Å²) in [6.07, 6.45) is 10.3. The first-order valence-corrected chi connectivity index (χ1v) is 11.7. The van der Waals surface area contributed by atoms with Crippen LogP contribution in [0.5, 0.6) is 0 Å². The molecular weight excluding hydrogens is 376 g/mol. The van der Waals surface area contributed by atoms with Gasteiger partial charge in [-0.05, 0) is 44.7 Å². The second kappa shape index (κ2) is 9.63. The van der Waals surface area contributed by atoms with Gasteiger partial charge >= 0.3 is 0 Å². The Balaban J connectivity index is 1.50. The lowest BCUT2D eigenvalue weighted by Crippen LogP contribution is -2.47. The Labute approximate surface area is 178 Å². The molecule has 1 atom stereocenters. The van der Waals surface area contributed by atoms with E-state index in [0.717, 1.165) is 43.3 Å². The van der Waals surface area contributed by atoms with Crippen LogP contribution < -0.4 is 15.8 Å². The summed E-state index contributed by atoms with van der Waals surface area (Å²) in [5.74, 6) is 0.563. The fourth-order valence-corrected chi connectivity index (χ4v) is 5.00. The third kappa shape index (κ3) is 4.52. The molecule has 1 amide bonds. The van der Waals surface area contributed by atoms with Gasteiger partial charge in [0.2, 0.25) is 5.91 Å². The number of para-hydroxylation sites is 2. The molecule has 1 aliphatic heterocycles. The molecule has 162 valence electrons. The van der Waals surface area contributed by atoms with Gasteiger partial charge in [-0.25, -0.2) is 4.98 Å². The number of rotatable bonds is 4. The van der Waals surface area contributed by atoms with Crippen LogP contribution >= 0.6 is 0 Å². The number of hydrogen-bond acceptors (Lipinski definition) is 4. The van der Waals surface area contributed by atoms with Crippen LogP contribution in [0.1, 0.15) is 64.7 Å². The lowest BCUT2D eigenvalue weighted by atomic mass is 9.94. The van der Waals surface area contributed by atoms with E-state index in [-0.39, 0.29) is 17.4 Å². The SMILES string of the molecule is CCn1c(=O)c(N2CCC[C@@H](C(=O)NC3CCCCCCC3)C2)nc2ccccc21. The van der Waals surface area contributed by atoms with E-state index in [2.05, 4.69) is 5.32 Å². The molecule has 1 saturated heterocycles. The van der Waals surface area contributed by atoms with Gasteiger partial charge in [0.25, 0.3) is 5.56 Å². The lowest BCUT2D eigenvalue weighted by molar-refractivity contribution is -0.126. The van der Waals surface area contributed by atoms with Gasteiger partial charge in [0, 0.05) is 25.7 Å². The fraction of sp³-hybridized carbons (Fsp3) is 0.625. The average molecular weight is 411 g/mol. The summed E-state index contributed by atoms with van der Waals surface area (Å²) >= 11 is 0. The largest absolute Gasteiger partial charge is 0.353 e. The maximum absolute atomic E-state index is 13.1. The highest BCUT2D eigenvalue weighted by Crippen LogP contribution is 2.23.